The van der Waals surface area contributed by atoms with E-state index in [9.17, 15) is 4.39 Å². The summed E-state index contributed by atoms with van der Waals surface area (Å²) in [5.41, 5.74) is 1.85. The van der Waals surface area contributed by atoms with E-state index < -0.39 is 0 Å². The molecule has 1 aliphatic rings. The van der Waals surface area contributed by atoms with Crippen LogP contribution in [0.1, 0.15) is 17.5 Å². The van der Waals surface area contributed by atoms with Gasteiger partial charge in [-0.1, -0.05) is 29.3 Å². The molecule has 0 unspecified atom stereocenters. The molecule has 0 amide bonds. The summed E-state index contributed by atoms with van der Waals surface area (Å²) in [5.74, 6) is 0.456. The van der Waals surface area contributed by atoms with E-state index in [0.29, 0.717) is 16.7 Å². The Labute approximate surface area is 170 Å². The summed E-state index contributed by atoms with van der Waals surface area (Å²) in [4.78, 5) is 4.86. The van der Waals surface area contributed by atoms with Crippen molar-refractivity contribution in [2.24, 2.45) is 0 Å². The quantitative estimate of drug-likeness (QED) is 0.645. The first kappa shape index (κ1) is 20.4. The number of hydrogen-bond donors (Lipinski definition) is 0. The molecule has 27 heavy (non-hydrogen) atoms. The van der Waals surface area contributed by atoms with Gasteiger partial charge in [-0.3, -0.25) is 0 Å². The first-order valence-corrected chi connectivity index (χ1v) is 10.0. The Balaban J connectivity index is 1.57. The van der Waals surface area contributed by atoms with Gasteiger partial charge in [0.1, 0.15) is 18.2 Å². The van der Waals surface area contributed by atoms with E-state index in [1.807, 2.05) is 18.2 Å². The summed E-state index contributed by atoms with van der Waals surface area (Å²) in [6.07, 6.45) is 1.96. The van der Waals surface area contributed by atoms with Crippen molar-refractivity contribution in [1.29, 1.82) is 0 Å². The Morgan fingerprint density at radius 3 is 2.52 bits per heavy atom. The zero-order valence-electron chi connectivity index (χ0n) is 15.6. The van der Waals surface area contributed by atoms with Crippen LogP contribution in [0.25, 0.3) is 0 Å². The fourth-order valence-electron chi connectivity index (χ4n) is 3.24. The Morgan fingerprint density at radius 1 is 1.00 bits per heavy atom. The van der Waals surface area contributed by atoms with Gasteiger partial charge in [0.15, 0.2) is 0 Å². The average molecular weight is 411 g/mol. The second-order valence-corrected chi connectivity index (χ2v) is 7.87. The lowest BCUT2D eigenvalue weighted by Crippen LogP contribution is -2.44. The number of benzene rings is 2. The van der Waals surface area contributed by atoms with E-state index >= 15 is 0 Å². The molecule has 3 nitrogen and oxygen atoms in total. The zero-order valence-corrected chi connectivity index (χ0v) is 17.1. The molecule has 0 aromatic heterocycles. The van der Waals surface area contributed by atoms with E-state index in [-0.39, 0.29) is 5.82 Å². The summed E-state index contributed by atoms with van der Waals surface area (Å²) in [7, 11) is 2.17. The average Bonchev–Trinajstić information content (AvgIpc) is 2.64. The molecule has 1 fully saturated rings. The Bertz CT molecular complexity index is 764. The van der Waals surface area contributed by atoms with E-state index in [1.165, 1.54) is 12.1 Å². The van der Waals surface area contributed by atoms with Gasteiger partial charge in [0.05, 0.1) is 5.02 Å². The van der Waals surface area contributed by atoms with Crippen LogP contribution in [0.3, 0.4) is 0 Å². The maximum atomic E-state index is 13.2. The van der Waals surface area contributed by atoms with Crippen LogP contribution in [-0.4, -0.2) is 49.6 Å². The summed E-state index contributed by atoms with van der Waals surface area (Å²) >= 11 is 12.3. The fraction of sp³-hybridized carbons (Fsp3) is 0.429. The molecule has 2 aromatic rings. The molecule has 1 saturated heterocycles. The van der Waals surface area contributed by atoms with Crippen LogP contribution in [-0.2, 0) is 13.0 Å². The zero-order chi connectivity index (χ0) is 19.2. The number of piperazine rings is 1. The molecule has 0 atom stereocenters. The lowest BCUT2D eigenvalue weighted by atomic mass is 10.1. The molecule has 0 N–H and O–H groups in total. The van der Waals surface area contributed by atoms with Crippen LogP contribution in [0.2, 0.25) is 10.0 Å². The van der Waals surface area contributed by atoms with Crippen molar-refractivity contribution in [1.82, 2.24) is 9.80 Å². The molecule has 146 valence electrons. The van der Waals surface area contributed by atoms with Crippen LogP contribution < -0.4 is 4.74 Å². The normalized spacial score (nSPS) is 15.9. The van der Waals surface area contributed by atoms with Gasteiger partial charge < -0.3 is 14.5 Å². The number of hydrogen-bond acceptors (Lipinski definition) is 3. The van der Waals surface area contributed by atoms with E-state index in [0.717, 1.165) is 62.4 Å². The molecule has 2 aromatic carbocycles. The van der Waals surface area contributed by atoms with Crippen molar-refractivity contribution in [2.75, 3.05) is 39.8 Å². The van der Waals surface area contributed by atoms with Crippen molar-refractivity contribution < 1.29 is 9.13 Å². The van der Waals surface area contributed by atoms with Gasteiger partial charge in [-0.05, 0) is 62.3 Å². The van der Waals surface area contributed by atoms with Gasteiger partial charge in [-0.25, -0.2) is 4.39 Å². The lowest BCUT2D eigenvalue weighted by Gasteiger charge is -2.32. The molecule has 0 radical (unpaired) electrons. The Kier molecular flexibility index (Phi) is 7.36. The van der Waals surface area contributed by atoms with Crippen molar-refractivity contribution in [3.63, 3.8) is 0 Å². The summed E-state index contributed by atoms with van der Waals surface area (Å²) < 4.78 is 19.2. The highest BCUT2D eigenvalue weighted by Gasteiger charge is 2.14. The van der Waals surface area contributed by atoms with Crippen molar-refractivity contribution in [3.05, 3.63) is 63.4 Å². The van der Waals surface area contributed by atoms with Crippen LogP contribution in [0.15, 0.2) is 36.4 Å². The van der Waals surface area contributed by atoms with Gasteiger partial charge >= 0.3 is 0 Å². The standard InChI is InChI=1S/C21H25Cl2FN2O/c1-25-9-11-26(12-10-25)8-2-3-16-13-18(22)5-7-21(16)27-15-17-4-6-19(24)14-20(17)23/h4-7,13-14H,2-3,8-12,15H2,1H3. The molecule has 3 rings (SSSR count). The highest BCUT2D eigenvalue weighted by atomic mass is 35.5. The predicted molar refractivity (Wildman–Crippen MR) is 109 cm³/mol. The summed E-state index contributed by atoms with van der Waals surface area (Å²) in [6.45, 7) is 5.88. The van der Waals surface area contributed by atoms with E-state index in [2.05, 4.69) is 16.8 Å². The SMILES string of the molecule is CN1CCN(CCCc2cc(Cl)ccc2OCc2ccc(F)cc2Cl)CC1. The Morgan fingerprint density at radius 2 is 1.78 bits per heavy atom. The topological polar surface area (TPSA) is 15.7 Å². The smallest absolute Gasteiger partial charge is 0.124 e. The van der Waals surface area contributed by atoms with Gasteiger partial charge in [-0.2, -0.15) is 0 Å². The molecule has 0 saturated carbocycles. The molecule has 1 aliphatic heterocycles. The number of aryl methyl sites for hydroxylation is 1. The van der Waals surface area contributed by atoms with Crippen LogP contribution in [0, 0.1) is 5.82 Å². The molecular formula is C21H25Cl2FN2O. The largest absolute Gasteiger partial charge is 0.489 e. The number of halogens is 3. The van der Waals surface area contributed by atoms with E-state index in [4.69, 9.17) is 27.9 Å². The highest BCUT2D eigenvalue weighted by Crippen LogP contribution is 2.26. The molecule has 0 spiro atoms. The van der Waals surface area contributed by atoms with Gasteiger partial charge in [0, 0.05) is 36.8 Å². The first-order chi connectivity index (χ1) is 13.0. The van der Waals surface area contributed by atoms with Crippen molar-refractivity contribution in [3.8, 4) is 5.75 Å². The number of nitrogens with zero attached hydrogens (tertiary/aromatic N) is 2. The minimum atomic E-state index is -0.347. The van der Waals surface area contributed by atoms with Crippen LogP contribution in [0.4, 0.5) is 4.39 Å². The minimum Gasteiger partial charge on any atom is -0.489 e. The maximum absolute atomic E-state index is 13.2. The summed E-state index contributed by atoms with van der Waals surface area (Å²) in [6, 6.07) is 10.0. The van der Waals surface area contributed by atoms with Gasteiger partial charge in [-0.15, -0.1) is 0 Å². The first-order valence-electron chi connectivity index (χ1n) is 9.27. The van der Waals surface area contributed by atoms with Gasteiger partial charge in [0.25, 0.3) is 0 Å². The second kappa shape index (κ2) is 9.74. The highest BCUT2D eigenvalue weighted by molar-refractivity contribution is 6.31. The number of likely N-dealkylation sites (N-methyl/N-ethyl adjacent to an activating group) is 1. The lowest BCUT2D eigenvalue weighted by molar-refractivity contribution is 0.153. The van der Waals surface area contributed by atoms with Crippen molar-refractivity contribution in [2.45, 2.75) is 19.4 Å². The van der Waals surface area contributed by atoms with Crippen LogP contribution in [0.5, 0.6) is 5.75 Å². The molecule has 6 heteroatoms. The van der Waals surface area contributed by atoms with Crippen molar-refractivity contribution >= 4 is 23.2 Å². The third-order valence-electron chi connectivity index (χ3n) is 4.94. The number of rotatable bonds is 7. The molecule has 0 aliphatic carbocycles. The monoisotopic (exact) mass is 410 g/mol. The third kappa shape index (κ3) is 6.08. The summed E-state index contributed by atoms with van der Waals surface area (Å²) in [5, 5.41) is 1.08. The van der Waals surface area contributed by atoms with E-state index in [1.54, 1.807) is 6.07 Å². The predicted octanol–water partition coefficient (Wildman–Crippen LogP) is 4.89. The fourth-order valence-corrected chi connectivity index (χ4v) is 3.66. The van der Waals surface area contributed by atoms with Gasteiger partial charge in [0.2, 0.25) is 0 Å². The van der Waals surface area contributed by atoms with Crippen LogP contribution >= 0.6 is 23.2 Å². The minimum absolute atomic E-state index is 0.298. The number of ether oxygens (including phenoxy) is 1. The maximum Gasteiger partial charge on any atom is 0.124 e. The Hall–Kier alpha value is -1.33. The molecular weight excluding hydrogens is 386 g/mol. The second-order valence-electron chi connectivity index (χ2n) is 7.02. The molecule has 0 bridgehead atoms. The molecule has 1 heterocycles. The third-order valence-corrected chi connectivity index (χ3v) is 5.52.